The van der Waals surface area contributed by atoms with Gasteiger partial charge in [0, 0.05) is 12.0 Å². The minimum atomic E-state index is -1.90. The zero-order chi connectivity index (χ0) is 18.2. The van der Waals surface area contributed by atoms with Crippen LogP contribution in [0, 0.1) is 23.7 Å². The summed E-state index contributed by atoms with van der Waals surface area (Å²) < 4.78 is 17.2. The Bertz CT molecular complexity index is 864. The number of aryl methyl sites for hydroxylation is 1. The zero-order valence-electron chi connectivity index (χ0n) is 13.9. The summed E-state index contributed by atoms with van der Waals surface area (Å²) in [5, 5.41) is 9.97. The molecule has 1 aromatic rings. The Hall–Kier alpha value is -2.36. The van der Waals surface area contributed by atoms with Crippen LogP contribution >= 0.6 is 0 Å². The van der Waals surface area contributed by atoms with E-state index in [9.17, 15) is 19.1 Å². The monoisotopic (exact) mass is 355 g/mol. The Labute approximate surface area is 148 Å². The van der Waals surface area contributed by atoms with Crippen LogP contribution in [-0.2, 0) is 25.1 Å². The number of carbonyl (C=O) groups is 2. The summed E-state index contributed by atoms with van der Waals surface area (Å²) in [5.41, 5.74) is -0.869. The molecule has 3 rings (SSSR count). The second kappa shape index (κ2) is 6.17. The molecular formula is C19H17NO4S. The summed E-state index contributed by atoms with van der Waals surface area (Å²) in [4.78, 5) is 26.1. The van der Waals surface area contributed by atoms with Gasteiger partial charge in [-0.1, -0.05) is 29.8 Å². The quantitative estimate of drug-likeness (QED) is 0.775. The number of ketones is 2. The van der Waals surface area contributed by atoms with E-state index >= 15 is 0 Å². The number of benzene rings is 1. The van der Waals surface area contributed by atoms with Crippen molar-refractivity contribution >= 4 is 22.4 Å². The van der Waals surface area contributed by atoms with Crippen molar-refractivity contribution in [2.75, 3.05) is 7.11 Å². The lowest BCUT2D eigenvalue weighted by Crippen LogP contribution is -2.67. The van der Waals surface area contributed by atoms with E-state index in [0.717, 1.165) is 17.7 Å². The molecule has 0 N–H and O–H groups in total. The summed E-state index contributed by atoms with van der Waals surface area (Å²) in [6, 6.07) is 8.92. The predicted octanol–water partition coefficient (Wildman–Crippen LogP) is 2.03. The molecule has 6 heteroatoms. The molecule has 0 bridgehead atoms. The average molecular weight is 355 g/mol. The molecular weight excluding hydrogens is 338 g/mol. The van der Waals surface area contributed by atoms with Gasteiger partial charge in [0.1, 0.15) is 10.9 Å². The maximum absolute atomic E-state index is 13.5. The van der Waals surface area contributed by atoms with Gasteiger partial charge in [-0.3, -0.25) is 13.8 Å². The Morgan fingerprint density at radius 2 is 1.84 bits per heavy atom. The molecule has 2 aliphatic rings. The molecule has 1 aromatic carbocycles. The number of hydrogen-bond acceptors (Lipinski definition) is 5. The van der Waals surface area contributed by atoms with Gasteiger partial charge in [-0.2, -0.15) is 5.26 Å². The van der Waals surface area contributed by atoms with Crippen molar-refractivity contribution in [3.63, 3.8) is 0 Å². The van der Waals surface area contributed by atoms with Gasteiger partial charge in [-0.25, -0.2) is 0 Å². The molecule has 0 radical (unpaired) electrons. The minimum absolute atomic E-state index is 0.0375. The summed E-state index contributed by atoms with van der Waals surface area (Å²) >= 11 is 0. The molecule has 0 heterocycles. The number of methoxy groups -OCH3 is 1. The maximum Gasteiger partial charge on any atom is 0.181 e. The molecule has 128 valence electrons. The van der Waals surface area contributed by atoms with E-state index < -0.39 is 38.6 Å². The molecule has 0 aliphatic heterocycles. The first-order chi connectivity index (χ1) is 11.9. The first-order valence-electron chi connectivity index (χ1n) is 7.80. The molecule has 0 saturated carbocycles. The second-order valence-corrected chi connectivity index (χ2v) is 7.88. The first kappa shape index (κ1) is 17.5. The number of rotatable bonds is 3. The average Bonchev–Trinajstić information content (AvgIpc) is 2.64. The van der Waals surface area contributed by atoms with E-state index in [-0.39, 0.29) is 6.42 Å². The fourth-order valence-electron chi connectivity index (χ4n) is 3.58. The SMILES string of the molecule is CO[C@@H]1C=CC[C@]2(S(=O)c3ccc(C)cc3)C(=O)C=CC(=O)[C@]12C#N. The van der Waals surface area contributed by atoms with E-state index in [1.807, 2.05) is 13.0 Å². The lowest BCUT2D eigenvalue weighted by Gasteiger charge is -2.48. The van der Waals surface area contributed by atoms with Crippen LogP contribution < -0.4 is 0 Å². The molecule has 25 heavy (non-hydrogen) atoms. The van der Waals surface area contributed by atoms with Crippen molar-refractivity contribution in [1.82, 2.24) is 0 Å². The van der Waals surface area contributed by atoms with Crippen molar-refractivity contribution in [2.24, 2.45) is 5.41 Å². The van der Waals surface area contributed by atoms with Gasteiger partial charge in [0.25, 0.3) is 0 Å². The van der Waals surface area contributed by atoms with Crippen LogP contribution in [0.25, 0.3) is 0 Å². The van der Waals surface area contributed by atoms with Gasteiger partial charge in [-0.05, 0) is 37.6 Å². The summed E-state index contributed by atoms with van der Waals surface area (Å²) in [6.45, 7) is 1.90. The fourth-order valence-corrected chi connectivity index (χ4v) is 5.42. The summed E-state index contributed by atoms with van der Waals surface area (Å²) in [7, 11) is -0.533. The van der Waals surface area contributed by atoms with Gasteiger partial charge < -0.3 is 4.74 Å². The van der Waals surface area contributed by atoms with Crippen molar-refractivity contribution in [1.29, 1.82) is 5.26 Å². The number of carbonyl (C=O) groups excluding carboxylic acids is 2. The maximum atomic E-state index is 13.5. The third-order valence-electron chi connectivity index (χ3n) is 4.93. The molecule has 1 unspecified atom stereocenters. The van der Waals surface area contributed by atoms with E-state index in [1.165, 1.54) is 7.11 Å². The highest BCUT2D eigenvalue weighted by atomic mass is 32.2. The van der Waals surface area contributed by atoms with Crippen LogP contribution in [0.1, 0.15) is 12.0 Å². The fraction of sp³-hybridized carbons (Fsp3) is 0.316. The highest BCUT2D eigenvalue weighted by Gasteiger charge is 2.69. The van der Waals surface area contributed by atoms with Crippen LogP contribution in [0.5, 0.6) is 0 Å². The summed E-state index contributed by atoms with van der Waals surface area (Å²) in [6.07, 6.45) is 4.59. The van der Waals surface area contributed by atoms with Crippen molar-refractivity contribution in [3.8, 4) is 6.07 Å². The van der Waals surface area contributed by atoms with Crippen molar-refractivity contribution in [2.45, 2.75) is 29.1 Å². The second-order valence-electron chi connectivity index (χ2n) is 6.18. The lowest BCUT2D eigenvalue weighted by atomic mass is 9.60. The number of ether oxygens (including phenoxy) is 1. The number of nitrogens with zero attached hydrogens (tertiary/aromatic N) is 1. The van der Waals surface area contributed by atoms with Crippen LogP contribution in [0.2, 0.25) is 0 Å². The van der Waals surface area contributed by atoms with Crippen LogP contribution in [0.15, 0.2) is 53.5 Å². The van der Waals surface area contributed by atoms with Gasteiger partial charge in [0.05, 0.1) is 16.9 Å². The molecule has 0 amide bonds. The van der Waals surface area contributed by atoms with Gasteiger partial charge in [0.15, 0.2) is 17.0 Å². The third kappa shape index (κ3) is 2.20. The van der Waals surface area contributed by atoms with Crippen LogP contribution in [0.3, 0.4) is 0 Å². The van der Waals surface area contributed by atoms with E-state index in [1.54, 1.807) is 36.4 Å². The molecule has 4 atom stereocenters. The third-order valence-corrected chi connectivity index (χ3v) is 6.96. The molecule has 0 fully saturated rings. The van der Waals surface area contributed by atoms with Gasteiger partial charge in [0.2, 0.25) is 0 Å². The molecule has 2 aliphatic carbocycles. The first-order valence-corrected chi connectivity index (χ1v) is 8.95. The van der Waals surface area contributed by atoms with Gasteiger partial charge >= 0.3 is 0 Å². The minimum Gasteiger partial charge on any atom is -0.375 e. The zero-order valence-corrected chi connectivity index (χ0v) is 14.7. The largest absolute Gasteiger partial charge is 0.375 e. The Morgan fingerprint density at radius 3 is 2.44 bits per heavy atom. The van der Waals surface area contributed by atoms with Crippen LogP contribution in [0.4, 0.5) is 0 Å². The highest BCUT2D eigenvalue weighted by Crippen LogP contribution is 2.51. The lowest BCUT2D eigenvalue weighted by molar-refractivity contribution is -0.137. The Morgan fingerprint density at radius 1 is 1.20 bits per heavy atom. The Kier molecular flexibility index (Phi) is 4.31. The Balaban J connectivity index is 2.29. The topological polar surface area (TPSA) is 84.2 Å². The molecule has 0 saturated heterocycles. The van der Waals surface area contributed by atoms with E-state index in [4.69, 9.17) is 4.74 Å². The van der Waals surface area contributed by atoms with E-state index in [0.29, 0.717) is 4.90 Å². The number of fused-ring (bicyclic) bond motifs is 1. The van der Waals surface area contributed by atoms with Crippen molar-refractivity contribution in [3.05, 3.63) is 54.1 Å². The highest BCUT2D eigenvalue weighted by molar-refractivity contribution is 7.87. The molecule has 5 nitrogen and oxygen atoms in total. The number of allylic oxidation sites excluding steroid dienone is 3. The predicted molar refractivity (Wildman–Crippen MR) is 92.1 cm³/mol. The molecule has 0 spiro atoms. The normalized spacial score (nSPS) is 32.1. The van der Waals surface area contributed by atoms with Crippen molar-refractivity contribution < 1.29 is 18.5 Å². The summed E-state index contributed by atoms with van der Waals surface area (Å²) in [5.74, 6) is -1.04. The number of nitriles is 1. The standard InChI is InChI=1S/C19H17NO4S/c1-13-5-7-14(8-6-13)25(23)19-11-3-4-17(24-2)18(19,12-20)15(21)9-10-16(19)22/h3-10,17H,11H2,1-2H3/t17-,18-,19+,25?/m1/s1. The smallest absolute Gasteiger partial charge is 0.181 e. The number of hydrogen-bond donors (Lipinski definition) is 0. The van der Waals surface area contributed by atoms with E-state index in [2.05, 4.69) is 0 Å². The molecule has 0 aromatic heterocycles. The van der Waals surface area contributed by atoms with Gasteiger partial charge in [-0.15, -0.1) is 0 Å². The van der Waals surface area contributed by atoms with Crippen LogP contribution in [-0.4, -0.2) is 33.7 Å².